The van der Waals surface area contributed by atoms with Crippen molar-refractivity contribution in [3.63, 3.8) is 0 Å². The van der Waals surface area contributed by atoms with Crippen molar-refractivity contribution in [2.24, 2.45) is 11.8 Å². The van der Waals surface area contributed by atoms with Gasteiger partial charge in [-0.25, -0.2) is 4.79 Å². The third kappa shape index (κ3) is 8.64. The number of carbonyl (C=O) groups excluding carboxylic acids is 1. The SMILES string of the molecule is CCOC(=O)C=CCC[C@H]([C@@H](O)c1ccc(C(F)(F)F)cc1)N(CC1CCCC1)CC1CCCC1. The van der Waals surface area contributed by atoms with E-state index in [2.05, 4.69) is 4.90 Å². The van der Waals surface area contributed by atoms with Crippen molar-refractivity contribution in [1.29, 1.82) is 0 Å². The zero-order valence-corrected chi connectivity index (χ0v) is 20.8. The van der Waals surface area contributed by atoms with Gasteiger partial charge in [0.25, 0.3) is 0 Å². The molecule has 2 aliphatic rings. The van der Waals surface area contributed by atoms with Crippen molar-refractivity contribution < 1.29 is 27.8 Å². The van der Waals surface area contributed by atoms with Crippen molar-refractivity contribution in [3.05, 3.63) is 47.5 Å². The minimum absolute atomic E-state index is 0.236. The van der Waals surface area contributed by atoms with Gasteiger partial charge >= 0.3 is 12.1 Å². The molecule has 3 rings (SSSR count). The van der Waals surface area contributed by atoms with Gasteiger partial charge in [0, 0.05) is 25.2 Å². The Morgan fingerprint density at radius 1 is 1.06 bits per heavy atom. The van der Waals surface area contributed by atoms with Crippen LogP contribution in [0.4, 0.5) is 13.2 Å². The molecular weight excluding hydrogens is 455 g/mol. The van der Waals surface area contributed by atoms with E-state index in [9.17, 15) is 23.1 Å². The van der Waals surface area contributed by atoms with E-state index in [-0.39, 0.29) is 12.0 Å². The zero-order chi connectivity index (χ0) is 25.3. The second-order valence-corrected chi connectivity index (χ2v) is 10.1. The fourth-order valence-electron chi connectivity index (χ4n) is 5.66. The molecule has 2 aliphatic carbocycles. The summed E-state index contributed by atoms with van der Waals surface area (Å²) in [5.41, 5.74) is -0.212. The third-order valence-corrected chi connectivity index (χ3v) is 7.52. The van der Waals surface area contributed by atoms with Gasteiger partial charge in [-0.3, -0.25) is 4.90 Å². The quantitative estimate of drug-likeness (QED) is 0.259. The van der Waals surface area contributed by atoms with E-state index in [1.165, 1.54) is 69.6 Å². The van der Waals surface area contributed by atoms with Gasteiger partial charge in [-0.15, -0.1) is 0 Å². The van der Waals surface area contributed by atoms with E-state index in [1.54, 1.807) is 13.0 Å². The topological polar surface area (TPSA) is 49.8 Å². The number of aliphatic hydroxyl groups excluding tert-OH is 1. The van der Waals surface area contributed by atoms with Gasteiger partial charge in [0.15, 0.2) is 0 Å². The third-order valence-electron chi connectivity index (χ3n) is 7.52. The summed E-state index contributed by atoms with van der Waals surface area (Å²) in [7, 11) is 0. The molecule has 0 amide bonds. The summed E-state index contributed by atoms with van der Waals surface area (Å²) in [6.45, 7) is 3.88. The second-order valence-electron chi connectivity index (χ2n) is 10.1. The maximum Gasteiger partial charge on any atom is 0.416 e. The van der Waals surface area contributed by atoms with Gasteiger partial charge in [0.1, 0.15) is 0 Å². The monoisotopic (exact) mass is 495 g/mol. The van der Waals surface area contributed by atoms with Crippen molar-refractivity contribution in [3.8, 4) is 0 Å². The Morgan fingerprint density at radius 2 is 1.60 bits per heavy atom. The minimum atomic E-state index is -4.41. The van der Waals surface area contributed by atoms with Crippen LogP contribution in [0, 0.1) is 11.8 Å². The van der Waals surface area contributed by atoms with Crippen LogP contribution in [0.15, 0.2) is 36.4 Å². The van der Waals surface area contributed by atoms with Crippen LogP contribution in [0.5, 0.6) is 0 Å². The van der Waals surface area contributed by atoms with E-state index in [0.717, 1.165) is 25.2 Å². The summed E-state index contributed by atoms with van der Waals surface area (Å²) in [4.78, 5) is 14.1. The van der Waals surface area contributed by atoms with Crippen LogP contribution in [0.2, 0.25) is 0 Å². The van der Waals surface area contributed by atoms with Crippen LogP contribution in [-0.2, 0) is 15.7 Å². The highest BCUT2D eigenvalue weighted by Crippen LogP contribution is 2.35. The van der Waals surface area contributed by atoms with Crippen LogP contribution in [-0.4, -0.2) is 41.7 Å². The summed E-state index contributed by atoms with van der Waals surface area (Å²) >= 11 is 0. The molecule has 196 valence electrons. The number of halogens is 3. The number of carbonyl (C=O) groups is 1. The molecule has 2 atom stereocenters. The Bertz CT molecular complexity index is 779. The first-order valence-electron chi connectivity index (χ1n) is 13.2. The molecule has 0 spiro atoms. The lowest BCUT2D eigenvalue weighted by atomic mass is 9.93. The number of esters is 1. The van der Waals surface area contributed by atoms with Crippen molar-refractivity contribution in [2.45, 2.75) is 89.5 Å². The molecule has 0 saturated heterocycles. The first kappa shape index (κ1) is 27.7. The number of hydrogen-bond acceptors (Lipinski definition) is 4. The fourth-order valence-corrected chi connectivity index (χ4v) is 5.66. The first-order valence-corrected chi connectivity index (χ1v) is 13.2. The normalized spacial score (nSPS) is 19.6. The van der Waals surface area contributed by atoms with Gasteiger partial charge in [-0.05, 0) is 75.0 Å². The Morgan fingerprint density at radius 3 is 2.09 bits per heavy atom. The average molecular weight is 496 g/mol. The van der Waals surface area contributed by atoms with E-state index >= 15 is 0 Å². The lowest BCUT2D eigenvalue weighted by Crippen LogP contribution is -2.44. The molecule has 1 N–H and O–H groups in total. The van der Waals surface area contributed by atoms with Gasteiger partial charge in [0.2, 0.25) is 0 Å². The molecule has 35 heavy (non-hydrogen) atoms. The molecule has 0 aromatic heterocycles. The molecule has 0 aliphatic heterocycles. The Hall–Kier alpha value is -1.86. The lowest BCUT2D eigenvalue weighted by Gasteiger charge is -2.38. The van der Waals surface area contributed by atoms with E-state index in [1.807, 2.05) is 0 Å². The highest BCUT2D eigenvalue weighted by Gasteiger charge is 2.33. The second kappa shape index (κ2) is 13.4. The Balaban J connectivity index is 1.80. The van der Waals surface area contributed by atoms with E-state index < -0.39 is 17.8 Å². The van der Waals surface area contributed by atoms with Crippen molar-refractivity contribution in [2.75, 3.05) is 19.7 Å². The summed E-state index contributed by atoms with van der Waals surface area (Å²) in [6, 6.07) is 4.67. The number of ether oxygens (including phenoxy) is 1. The van der Waals surface area contributed by atoms with E-state index in [0.29, 0.717) is 36.8 Å². The molecule has 0 radical (unpaired) electrons. The highest BCUT2D eigenvalue weighted by molar-refractivity contribution is 5.81. The average Bonchev–Trinajstić information content (AvgIpc) is 3.53. The number of allylic oxidation sites excluding steroid dienone is 1. The summed E-state index contributed by atoms with van der Waals surface area (Å²) in [5.74, 6) is 0.795. The van der Waals surface area contributed by atoms with Crippen molar-refractivity contribution >= 4 is 5.97 Å². The van der Waals surface area contributed by atoms with E-state index in [4.69, 9.17) is 4.74 Å². The molecule has 2 fully saturated rings. The summed E-state index contributed by atoms with van der Waals surface area (Å²) < 4.78 is 44.2. The molecule has 1 aromatic carbocycles. The summed E-state index contributed by atoms with van der Waals surface area (Å²) in [5, 5.41) is 11.4. The number of aliphatic hydroxyl groups is 1. The molecular formula is C28H40F3NO3. The maximum atomic E-state index is 13.1. The number of rotatable bonds is 12. The molecule has 0 bridgehead atoms. The van der Waals surface area contributed by atoms with Crippen LogP contribution < -0.4 is 0 Å². The smallest absolute Gasteiger partial charge is 0.416 e. The van der Waals surface area contributed by atoms with Gasteiger partial charge in [0.05, 0.1) is 18.3 Å². The highest BCUT2D eigenvalue weighted by atomic mass is 19.4. The molecule has 2 saturated carbocycles. The predicted molar refractivity (Wildman–Crippen MR) is 131 cm³/mol. The summed E-state index contributed by atoms with van der Waals surface area (Å²) in [6.07, 6.45) is 8.75. The first-order chi connectivity index (χ1) is 16.8. The molecule has 7 heteroatoms. The van der Waals surface area contributed by atoms with Gasteiger partial charge < -0.3 is 9.84 Å². The Kier molecular flexibility index (Phi) is 10.7. The largest absolute Gasteiger partial charge is 0.463 e. The zero-order valence-electron chi connectivity index (χ0n) is 20.8. The maximum absolute atomic E-state index is 13.1. The molecule has 4 nitrogen and oxygen atoms in total. The molecule has 0 unspecified atom stereocenters. The minimum Gasteiger partial charge on any atom is -0.463 e. The Labute approximate surface area is 207 Å². The number of benzene rings is 1. The standard InChI is InChI=1S/C28H40F3NO3/c1-2-35-26(33)14-8-7-13-25(27(34)23-15-17-24(18-16-23)28(29,30)31)32(19-21-9-3-4-10-21)20-22-11-5-6-12-22/h8,14-18,21-22,25,27,34H,2-7,9-13,19-20H2,1H3/t25-,27+/m1/s1. The van der Waals surface area contributed by atoms with Crippen LogP contribution >= 0.6 is 0 Å². The predicted octanol–water partition coefficient (Wildman–Crippen LogP) is 6.69. The van der Waals surface area contributed by atoms with Gasteiger partial charge in [-0.1, -0.05) is 43.9 Å². The lowest BCUT2D eigenvalue weighted by molar-refractivity contribution is -0.138. The fraction of sp³-hybridized carbons (Fsp3) is 0.679. The molecule has 0 heterocycles. The molecule has 1 aromatic rings. The van der Waals surface area contributed by atoms with Crippen LogP contribution in [0.1, 0.15) is 88.4 Å². The van der Waals surface area contributed by atoms with Gasteiger partial charge in [-0.2, -0.15) is 13.2 Å². The number of alkyl halides is 3. The van der Waals surface area contributed by atoms with Crippen molar-refractivity contribution in [1.82, 2.24) is 4.90 Å². The number of nitrogens with zero attached hydrogens (tertiary/aromatic N) is 1. The van der Waals surface area contributed by atoms with Crippen LogP contribution in [0.3, 0.4) is 0 Å². The number of hydrogen-bond donors (Lipinski definition) is 1. The van der Waals surface area contributed by atoms with Crippen LogP contribution in [0.25, 0.3) is 0 Å².